The van der Waals surface area contributed by atoms with Gasteiger partial charge in [-0.05, 0) is 17.7 Å². The number of amides is 1. The van der Waals surface area contributed by atoms with Crippen LogP contribution in [0.2, 0.25) is 5.02 Å². The number of rotatable bonds is 6. The van der Waals surface area contributed by atoms with Gasteiger partial charge in [-0.3, -0.25) is 4.79 Å². The van der Waals surface area contributed by atoms with Crippen LogP contribution in [0.1, 0.15) is 27.2 Å². The van der Waals surface area contributed by atoms with Crippen LogP contribution >= 0.6 is 22.9 Å². The van der Waals surface area contributed by atoms with Crippen LogP contribution in [-0.2, 0) is 11.3 Å². The minimum atomic E-state index is -0.237. The second-order valence-corrected chi connectivity index (χ2v) is 5.70. The number of hydrogen-bond donors (Lipinski definition) is 2. The second kappa shape index (κ2) is 7.51. The van der Waals surface area contributed by atoms with Crippen LogP contribution < -0.4 is 11.1 Å². The van der Waals surface area contributed by atoms with Gasteiger partial charge < -0.3 is 15.8 Å². The molecular weight excluding hydrogens is 310 g/mol. The largest absolute Gasteiger partial charge is 0.375 e. The molecule has 1 aromatic heterocycles. The molecule has 0 radical (unpaired) electrons. The fourth-order valence-corrected chi connectivity index (χ4v) is 2.58. The average molecular weight is 326 g/mol. The quantitative estimate of drug-likeness (QED) is 0.854. The van der Waals surface area contributed by atoms with E-state index in [1.54, 1.807) is 24.6 Å². The number of nitrogens with one attached hydrogen (secondary N) is 1. The first-order valence-corrected chi connectivity index (χ1v) is 7.60. The van der Waals surface area contributed by atoms with Crippen LogP contribution in [0.25, 0.3) is 0 Å². The highest BCUT2D eigenvalue weighted by atomic mass is 35.5. The van der Waals surface area contributed by atoms with E-state index in [2.05, 4.69) is 10.3 Å². The lowest BCUT2D eigenvalue weighted by atomic mass is 10.1. The first-order valence-electron chi connectivity index (χ1n) is 6.35. The molecule has 1 heterocycles. The van der Waals surface area contributed by atoms with Gasteiger partial charge in [0.25, 0.3) is 5.91 Å². The van der Waals surface area contributed by atoms with Gasteiger partial charge in [0.2, 0.25) is 0 Å². The Bertz CT molecular complexity index is 601. The maximum absolute atomic E-state index is 12.0. The number of carbonyl (C=O) groups is 1. The lowest BCUT2D eigenvalue weighted by molar-refractivity contribution is 0.0824. The number of nitrogens with zero attached hydrogens (tertiary/aromatic N) is 1. The number of carbonyl (C=O) groups excluding carboxylic acids is 1. The van der Waals surface area contributed by atoms with E-state index in [-0.39, 0.29) is 12.0 Å². The molecule has 7 heteroatoms. The van der Waals surface area contributed by atoms with Crippen LogP contribution in [-0.4, -0.2) is 24.5 Å². The van der Waals surface area contributed by atoms with Crippen molar-refractivity contribution in [3.8, 4) is 0 Å². The van der Waals surface area contributed by atoms with Gasteiger partial charge in [-0.25, -0.2) is 4.98 Å². The molecule has 21 heavy (non-hydrogen) atoms. The monoisotopic (exact) mass is 325 g/mol. The lowest BCUT2D eigenvalue weighted by Crippen LogP contribution is -2.29. The molecule has 0 aliphatic carbocycles. The van der Waals surface area contributed by atoms with E-state index in [9.17, 15) is 4.79 Å². The smallest absolute Gasteiger partial charge is 0.270 e. The van der Waals surface area contributed by atoms with E-state index in [0.29, 0.717) is 23.8 Å². The number of aromatic nitrogens is 1. The van der Waals surface area contributed by atoms with E-state index < -0.39 is 0 Å². The normalized spacial score (nSPS) is 12.1. The van der Waals surface area contributed by atoms with Crippen molar-refractivity contribution in [2.75, 3.05) is 13.7 Å². The highest BCUT2D eigenvalue weighted by molar-refractivity contribution is 7.09. The number of hydrogen-bond acceptors (Lipinski definition) is 5. The summed E-state index contributed by atoms with van der Waals surface area (Å²) < 4.78 is 5.39. The summed E-state index contributed by atoms with van der Waals surface area (Å²) in [5, 5.41) is 5.90. The zero-order valence-corrected chi connectivity index (χ0v) is 13.1. The summed E-state index contributed by atoms with van der Waals surface area (Å²) in [5.41, 5.74) is 6.81. The lowest BCUT2D eigenvalue weighted by Gasteiger charge is -2.16. The van der Waals surface area contributed by atoms with Crippen molar-refractivity contribution in [1.29, 1.82) is 0 Å². The molecule has 0 aliphatic rings. The Morgan fingerprint density at radius 1 is 1.48 bits per heavy atom. The van der Waals surface area contributed by atoms with E-state index >= 15 is 0 Å². The van der Waals surface area contributed by atoms with Crippen molar-refractivity contribution in [1.82, 2.24) is 10.3 Å². The average Bonchev–Trinajstić information content (AvgIpc) is 2.98. The van der Waals surface area contributed by atoms with Crippen molar-refractivity contribution in [2.24, 2.45) is 5.73 Å². The van der Waals surface area contributed by atoms with Crippen molar-refractivity contribution in [3.63, 3.8) is 0 Å². The van der Waals surface area contributed by atoms with Crippen LogP contribution in [0.3, 0.4) is 0 Å². The van der Waals surface area contributed by atoms with Gasteiger partial charge in [0.15, 0.2) is 0 Å². The number of ether oxygens (including phenoxy) is 1. The van der Waals surface area contributed by atoms with Crippen molar-refractivity contribution in [2.45, 2.75) is 12.6 Å². The minimum Gasteiger partial charge on any atom is -0.375 e. The fraction of sp³-hybridized carbons (Fsp3) is 0.286. The molecule has 3 N–H and O–H groups in total. The summed E-state index contributed by atoms with van der Waals surface area (Å²) in [6, 6.07) is 7.33. The highest BCUT2D eigenvalue weighted by Gasteiger charge is 2.14. The summed E-state index contributed by atoms with van der Waals surface area (Å²) in [5.74, 6) is -0.234. The Kier molecular flexibility index (Phi) is 5.69. The molecule has 1 amide bonds. The Morgan fingerprint density at radius 2 is 2.19 bits per heavy atom. The van der Waals surface area contributed by atoms with Gasteiger partial charge >= 0.3 is 0 Å². The Labute approximate surface area is 132 Å². The van der Waals surface area contributed by atoms with Gasteiger partial charge in [0.1, 0.15) is 10.7 Å². The predicted octanol–water partition coefficient (Wildman–Crippen LogP) is 2.37. The molecule has 112 valence electrons. The maximum atomic E-state index is 12.0. The van der Waals surface area contributed by atoms with Gasteiger partial charge in [-0.1, -0.05) is 23.7 Å². The van der Waals surface area contributed by atoms with Crippen LogP contribution in [0.15, 0.2) is 29.6 Å². The van der Waals surface area contributed by atoms with Gasteiger partial charge in [-0.2, -0.15) is 0 Å². The molecule has 0 saturated heterocycles. The molecule has 2 aromatic rings. The zero-order chi connectivity index (χ0) is 15.2. The van der Waals surface area contributed by atoms with Crippen molar-refractivity contribution < 1.29 is 9.53 Å². The minimum absolute atomic E-state index is 0.234. The topological polar surface area (TPSA) is 77.2 Å². The predicted molar refractivity (Wildman–Crippen MR) is 83.5 cm³/mol. The van der Waals surface area contributed by atoms with E-state index in [1.807, 2.05) is 12.1 Å². The van der Waals surface area contributed by atoms with Gasteiger partial charge in [0, 0.05) is 30.6 Å². The van der Waals surface area contributed by atoms with Crippen LogP contribution in [0, 0.1) is 0 Å². The number of nitrogens with two attached hydrogens (primary N) is 1. The molecule has 0 fully saturated rings. The molecule has 0 bridgehead atoms. The van der Waals surface area contributed by atoms with E-state index in [1.165, 1.54) is 11.3 Å². The molecule has 0 aliphatic heterocycles. The summed E-state index contributed by atoms with van der Waals surface area (Å²) in [6.07, 6.45) is -0.237. The highest BCUT2D eigenvalue weighted by Crippen LogP contribution is 2.18. The standard InChI is InChI=1S/C14H16ClN3O2S/c1-20-12(9-2-4-10(15)5-3-9)7-17-14(19)11-8-21-13(6-16)18-11/h2-5,8,12H,6-7,16H2,1H3,(H,17,19). The van der Waals surface area contributed by atoms with Gasteiger partial charge in [0.05, 0.1) is 6.10 Å². The molecule has 0 spiro atoms. The Morgan fingerprint density at radius 3 is 2.76 bits per heavy atom. The zero-order valence-electron chi connectivity index (χ0n) is 11.5. The number of thiazole rings is 1. The first-order chi connectivity index (χ1) is 10.1. The Balaban J connectivity index is 1.96. The second-order valence-electron chi connectivity index (χ2n) is 4.32. The van der Waals surface area contributed by atoms with Crippen LogP contribution in [0.4, 0.5) is 0 Å². The molecule has 5 nitrogen and oxygen atoms in total. The SMILES string of the molecule is COC(CNC(=O)c1csc(CN)n1)c1ccc(Cl)cc1. The van der Waals surface area contributed by atoms with Crippen molar-refractivity contribution >= 4 is 28.8 Å². The summed E-state index contributed by atoms with van der Waals surface area (Å²) in [7, 11) is 1.60. The van der Waals surface area contributed by atoms with Crippen LogP contribution in [0.5, 0.6) is 0 Å². The number of methoxy groups -OCH3 is 1. The number of halogens is 1. The third-order valence-electron chi connectivity index (χ3n) is 2.93. The third-order valence-corrected chi connectivity index (χ3v) is 4.06. The first kappa shape index (κ1) is 15.9. The maximum Gasteiger partial charge on any atom is 0.270 e. The van der Waals surface area contributed by atoms with Gasteiger partial charge in [-0.15, -0.1) is 11.3 Å². The molecule has 1 aromatic carbocycles. The van der Waals surface area contributed by atoms with E-state index in [4.69, 9.17) is 22.1 Å². The van der Waals surface area contributed by atoms with Crippen molar-refractivity contribution in [3.05, 3.63) is 50.9 Å². The molecule has 2 rings (SSSR count). The molecule has 0 saturated carbocycles. The summed E-state index contributed by atoms with van der Waals surface area (Å²) in [6.45, 7) is 0.690. The molecule has 1 unspecified atom stereocenters. The summed E-state index contributed by atoms with van der Waals surface area (Å²) >= 11 is 7.23. The molecular formula is C14H16ClN3O2S. The summed E-state index contributed by atoms with van der Waals surface area (Å²) in [4.78, 5) is 16.1. The Hall–Kier alpha value is -1.47. The van der Waals surface area contributed by atoms with E-state index in [0.717, 1.165) is 10.6 Å². The fourth-order valence-electron chi connectivity index (χ4n) is 1.80. The number of benzene rings is 1. The molecule has 1 atom stereocenters. The third kappa shape index (κ3) is 4.25.